The topological polar surface area (TPSA) is 32.8 Å². The summed E-state index contributed by atoms with van der Waals surface area (Å²) in [7, 11) is 0. The van der Waals surface area contributed by atoms with E-state index in [2.05, 4.69) is 63.9 Å². The number of amides is 1. The number of unbranched alkanes of at least 4 members (excludes halogenated alkanes) is 1. The quantitative estimate of drug-likeness (QED) is 0.401. The first-order chi connectivity index (χ1) is 15.7. The summed E-state index contributed by atoms with van der Waals surface area (Å²) >= 11 is 0. The minimum Gasteiger partial charge on any atom is -0.332 e. The van der Waals surface area contributed by atoms with E-state index in [1.54, 1.807) is 0 Å². The first kappa shape index (κ1) is 25.5. The Hall–Kier alpha value is -2.17. The molecule has 3 rings (SSSR count). The van der Waals surface area contributed by atoms with Gasteiger partial charge in [-0.1, -0.05) is 80.4 Å². The van der Waals surface area contributed by atoms with E-state index in [9.17, 15) is 4.79 Å². The zero-order valence-corrected chi connectivity index (χ0v) is 21.2. The molecule has 1 atom stereocenters. The van der Waals surface area contributed by atoms with E-state index in [1.807, 2.05) is 41.3 Å². The van der Waals surface area contributed by atoms with Crippen molar-refractivity contribution in [1.82, 2.24) is 9.96 Å². The Kier molecular flexibility index (Phi) is 8.72. The largest absolute Gasteiger partial charge is 0.332 e. The van der Waals surface area contributed by atoms with Crippen LogP contribution >= 0.6 is 0 Å². The van der Waals surface area contributed by atoms with Crippen molar-refractivity contribution >= 4 is 5.91 Å². The molecule has 33 heavy (non-hydrogen) atoms. The molecule has 0 saturated carbocycles. The highest BCUT2D eigenvalue weighted by molar-refractivity contribution is 5.81. The van der Waals surface area contributed by atoms with E-state index in [1.165, 1.54) is 6.42 Å². The van der Waals surface area contributed by atoms with Gasteiger partial charge in [-0.25, -0.2) is 0 Å². The second-order valence-electron chi connectivity index (χ2n) is 10.7. The van der Waals surface area contributed by atoms with Crippen molar-refractivity contribution < 1.29 is 9.63 Å². The highest BCUT2D eigenvalue weighted by Gasteiger charge is 2.44. The van der Waals surface area contributed by atoms with Gasteiger partial charge in [0, 0.05) is 24.2 Å². The molecular formula is C29H42N2O2. The number of hydrogen-bond donors (Lipinski definition) is 0. The van der Waals surface area contributed by atoms with Gasteiger partial charge >= 0.3 is 0 Å². The van der Waals surface area contributed by atoms with Gasteiger partial charge in [0.15, 0.2) is 6.10 Å². The molecule has 1 aliphatic rings. The third-order valence-corrected chi connectivity index (χ3v) is 6.75. The van der Waals surface area contributed by atoms with Crippen LogP contribution in [-0.4, -0.2) is 33.1 Å². The SMILES string of the molecule is CCCCC(ON1C(C)(C)CCCC1(C)C)C(=O)N(Cc1ccccc1)Cc1ccccc1. The lowest BCUT2D eigenvalue weighted by atomic mass is 9.82. The Bertz CT molecular complexity index is 806. The van der Waals surface area contributed by atoms with Crippen LogP contribution < -0.4 is 0 Å². The molecule has 4 heteroatoms. The highest BCUT2D eigenvalue weighted by atomic mass is 16.7. The number of benzene rings is 2. The fraction of sp³-hybridized carbons (Fsp3) is 0.552. The molecule has 0 radical (unpaired) electrons. The van der Waals surface area contributed by atoms with Crippen LogP contribution in [0.3, 0.4) is 0 Å². The predicted molar refractivity (Wildman–Crippen MR) is 135 cm³/mol. The molecule has 180 valence electrons. The zero-order valence-electron chi connectivity index (χ0n) is 21.2. The Labute approximate surface area is 200 Å². The van der Waals surface area contributed by atoms with E-state index in [-0.39, 0.29) is 17.0 Å². The maximum absolute atomic E-state index is 14.0. The second kappa shape index (κ2) is 11.3. The van der Waals surface area contributed by atoms with Crippen LogP contribution in [0.1, 0.15) is 84.3 Å². The Morgan fingerprint density at radius 3 is 1.85 bits per heavy atom. The summed E-state index contributed by atoms with van der Waals surface area (Å²) in [4.78, 5) is 22.7. The molecule has 0 spiro atoms. The van der Waals surface area contributed by atoms with Crippen molar-refractivity contribution in [3.05, 3.63) is 71.8 Å². The number of rotatable bonds is 10. The minimum atomic E-state index is -0.478. The molecule has 0 N–H and O–H groups in total. The van der Waals surface area contributed by atoms with Gasteiger partial charge in [-0.15, -0.1) is 0 Å². The lowest BCUT2D eigenvalue weighted by molar-refractivity contribution is -0.301. The highest BCUT2D eigenvalue weighted by Crippen LogP contribution is 2.39. The van der Waals surface area contributed by atoms with Gasteiger partial charge in [0.2, 0.25) is 0 Å². The Morgan fingerprint density at radius 1 is 0.909 bits per heavy atom. The lowest BCUT2D eigenvalue weighted by Crippen LogP contribution is -2.60. The smallest absolute Gasteiger partial charge is 0.254 e. The van der Waals surface area contributed by atoms with Crippen LogP contribution in [0.15, 0.2) is 60.7 Å². The van der Waals surface area contributed by atoms with Crippen LogP contribution in [-0.2, 0) is 22.7 Å². The van der Waals surface area contributed by atoms with Gasteiger partial charge < -0.3 is 4.90 Å². The predicted octanol–water partition coefficient (Wildman–Crippen LogP) is 6.75. The van der Waals surface area contributed by atoms with Crippen molar-refractivity contribution in [2.75, 3.05) is 0 Å². The molecule has 1 unspecified atom stereocenters. The zero-order chi connectivity index (χ0) is 23.9. The van der Waals surface area contributed by atoms with Gasteiger partial charge in [-0.05, 0) is 64.5 Å². The number of piperidine rings is 1. The molecule has 1 heterocycles. The minimum absolute atomic E-state index is 0.0772. The van der Waals surface area contributed by atoms with Gasteiger partial charge in [-0.3, -0.25) is 9.63 Å². The number of hydrogen-bond acceptors (Lipinski definition) is 3. The van der Waals surface area contributed by atoms with E-state index in [4.69, 9.17) is 4.84 Å². The van der Waals surface area contributed by atoms with Gasteiger partial charge in [0.05, 0.1) is 0 Å². The molecule has 1 fully saturated rings. The molecule has 2 aromatic carbocycles. The van der Waals surface area contributed by atoms with Crippen LogP contribution in [0.5, 0.6) is 0 Å². The first-order valence-corrected chi connectivity index (χ1v) is 12.6. The second-order valence-corrected chi connectivity index (χ2v) is 10.7. The number of carbonyl (C=O) groups excluding carboxylic acids is 1. The third kappa shape index (κ3) is 6.91. The molecule has 1 aliphatic heterocycles. The summed E-state index contributed by atoms with van der Waals surface area (Å²) in [5, 5.41) is 2.14. The normalized spacial score (nSPS) is 18.6. The van der Waals surface area contributed by atoms with E-state index in [0.717, 1.165) is 43.2 Å². The summed E-state index contributed by atoms with van der Waals surface area (Å²) in [6, 6.07) is 20.5. The average molecular weight is 451 g/mol. The van der Waals surface area contributed by atoms with Gasteiger partial charge in [0.25, 0.3) is 5.91 Å². The van der Waals surface area contributed by atoms with Crippen LogP contribution in [0.25, 0.3) is 0 Å². The monoisotopic (exact) mass is 450 g/mol. The molecule has 0 aliphatic carbocycles. The van der Waals surface area contributed by atoms with Gasteiger partial charge in [-0.2, -0.15) is 5.06 Å². The molecule has 1 amide bonds. The summed E-state index contributed by atoms with van der Waals surface area (Å²) in [5.74, 6) is 0.0772. The van der Waals surface area contributed by atoms with Crippen molar-refractivity contribution in [2.24, 2.45) is 0 Å². The van der Waals surface area contributed by atoms with Crippen molar-refractivity contribution in [1.29, 1.82) is 0 Å². The maximum Gasteiger partial charge on any atom is 0.254 e. The molecule has 0 bridgehead atoms. The Morgan fingerprint density at radius 2 is 1.39 bits per heavy atom. The first-order valence-electron chi connectivity index (χ1n) is 12.6. The average Bonchev–Trinajstić information content (AvgIpc) is 2.78. The number of carbonyl (C=O) groups is 1. The fourth-order valence-electron chi connectivity index (χ4n) is 5.02. The molecule has 0 aromatic heterocycles. The van der Waals surface area contributed by atoms with Crippen molar-refractivity contribution in [2.45, 2.75) is 103 Å². The van der Waals surface area contributed by atoms with Crippen molar-refractivity contribution in [3.8, 4) is 0 Å². The van der Waals surface area contributed by atoms with Gasteiger partial charge in [0.1, 0.15) is 0 Å². The standard InChI is InChI=1S/C29H42N2O2/c1-6-7-19-26(33-31-28(2,3)20-14-21-29(31,4)5)27(32)30(22-24-15-10-8-11-16-24)23-25-17-12-9-13-18-25/h8-13,15-18,26H,6-7,14,19-23H2,1-5H3. The molecular weight excluding hydrogens is 408 g/mol. The van der Waals surface area contributed by atoms with Crippen LogP contribution in [0.4, 0.5) is 0 Å². The number of nitrogens with zero attached hydrogens (tertiary/aromatic N) is 2. The maximum atomic E-state index is 14.0. The number of hydroxylamine groups is 2. The third-order valence-electron chi connectivity index (χ3n) is 6.75. The van der Waals surface area contributed by atoms with E-state index >= 15 is 0 Å². The lowest BCUT2D eigenvalue weighted by Gasteiger charge is -2.52. The molecule has 4 nitrogen and oxygen atoms in total. The van der Waals surface area contributed by atoms with Crippen LogP contribution in [0, 0.1) is 0 Å². The molecule has 1 saturated heterocycles. The van der Waals surface area contributed by atoms with E-state index in [0.29, 0.717) is 13.1 Å². The van der Waals surface area contributed by atoms with Crippen molar-refractivity contribution in [3.63, 3.8) is 0 Å². The molecule has 2 aromatic rings. The van der Waals surface area contributed by atoms with E-state index < -0.39 is 6.10 Å². The van der Waals surface area contributed by atoms with Crippen LogP contribution in [0.2, 0.25) is 0 Å². The summed E-state index contributed by atoms with van der Waals surface area (Å²) in [6.45, 7) is 12.3. The summed E-state index contributed by atoms with van der Waals surface area (Å²) < 4.78 is 0. The summed E-state index contributed by atoms with van der Waals surface area (Å²) in [5.41, 5.74) is 2.07. The Balaban J connectivity index is 1.87. The fourth-order valence-corrected chi connectivity index (χ4v) is 5.02. The summed E-state index contributed by atoms with van der Waals surface area (Å²) in [6.07, 6.45) is 5.59.